The standard InChI is InChI=1S/C21H24N2O4S2/c1-13(2)23-17-10-9-14(11-19(17)28-20(23)24)29(25,26)22-16-12-21(3,4)27-18-8-6-5-7-15(16)18/h5-11,13,16,22H,12H2,1-4H3/t16-/m0/s1. The first kappa shape index (κ1) is 20.1. The molecule has 1 aliphatic rings. The summed E-state index contributed by atoms with van der Waals surface area (Å²) < 4.78 is 37.5. The number of hydrogen-bond acceptors (Lipinski definition) is 5. The maximum atomic E-state index is 13.2. The lowest BCUT2D eigenvalue weighted by atomic mass is 9.90. The van der Waals surface area contributed by atoms with Gasteiger partial charge >= 0.3 is 4.87 Å². The van der Waals surface area contributed by atoms with Crippen LogP contribution in [0.3, 0.4) is 0 Å². The normalized spacial score (nSPS) is 18.6. The van der Waals surface area contributed by atoms with E-state index in [0.717, 1.165) is 22.4 Å². The molecule has 0 saturated carbocycles. The lowest BCUT2D eigenvalue weighted by Crippen LogP contribution is -2.41. The molecular formula is C21H24N2O4S2. The lowest BCUT2D eigenvalue weighted by Gasteiger charge is -2.37. The fraction of sp³-hybridized carbons (Fsp3) is 0.381. The summed E-state index contributed by atoms with van der Waals surface area (Å²) in [6, 6.07) is 12.0. The maximum absolute atomic E-state index is 13.2. The van der Waals surface area contributed by atoms with Crippen molar-refractivity contribution in [2.45, 2.75) is 56.7 Å². The van der Waals surface area contributed by atoms with Crippen LogP contribution in [0.25, 0.3) is 10.2 Å². The molecule has 4 rings (SSSR count). The molecule has 0 spiro atoms. The molecule has 0 radical (unpaired) electrons. The van der Waals surface area contributed by atoms with Crippen molar-refractivity contribution in [2.75, 3.05) is 0 Å². The fourth-order valence-electron chi connectivity index (χ4n) is 3.84. The molecule has 0 aliphatic carbocycles. The Kier molecular flexibility index (Phi) is 4.83. The summed E-state index contributed by atoms with van der Waals surface area (Å²) in [4.78, 5) is 12.3. The maximum Gasteiger partial charge on any atom is 0.308 e. The topological polar surface area (TPSA) is 77.4 Å². The largest absolute Gasteiger partial charge is 0.487 e. The van der Waals surface area contributed by atoms with Crippen LogP contribution in [0.2, 0.25) is 0 Å². The van der Waals surface area contributed by atoms with Crippen LogP contribution in [0.15, 0.2) is 52.2 Å². The van der Waals surface area contributed by atoms with Gasteiger partial charge in [-0.25, -0.2) is 13.1 Å². The van der Waals surface area contributed by atoms with Gasteiger partial charge in [0.25, 0.3) is 0 Å². The van der Waals surface area contributed by atoms with Gasteiger partial charge in [-0.3, -0.25) is 9.36 Å². The molecule has 0 unspecified atom stereocenters. The van der Waals surface area contributed by atoms with Gasteiger partial charge in [0, 0.05) is 18.0 Å². The SMILES string of the molecule is CC(C)n1c(=O)sc2cc(S(=O)(=O)N[C@H]3CC(C)(C)Oc4ccccc43)ccc21. The van der Waals surface area contributed by atoms with E-state index in [4.69, 9.17) is 4.74 Å². The molecule has 0 amide bonds. The van der Waals surface area contributed by atoms with Crippen LogP contribution in [-0.2, 0) is 10.0 Å². The average Bonchev–Trinajstić information content (AvgIpc) is 2.95. The molecule has 2 aromatic carbocycles. The summed E-state index contributed by atoms with van der Waals surface area (Å²) >= 11 is 1.07. The summed E-state index contributed by atoms with van der Waals surface area (Å²) in [7, 11) is -3.78. The minimum absolute atomic E-state index is 0.0119. The zero-order valence-electron chi connectivity index (χ0n) is 16.8. The smallest absolute Gasteiger partial charge is 0.308 e. The predicted molar refractivity (Wildman–Crippen MR) is 115 cm³/mol. The van der Waals surface area contributed by atoms with Crippen LogP contribution in [0.5, 0.6) is 5.75 Å². The third-order valence-corrected chi connectivity index (χ3v) is 7.47. The fourth-order valence-corrected chi connectivity index (χ4v) is 6.20. The predicted octanol–water partition coefficient (Wildman–Crippen LogP) is 4.22. The highest BCUT2D eigenvalue weighted by Gasteiger charge is 2.36. The molecular weight excluding hydrogens is 408 g/mol. The number of rotatable bonds is 4. The van der Waals surface area contributed by atoms with E-state index in [9.17, 15) is 13.2 Å². The molecule has 1 aliphatic heterocycles. The highest BCUT2D eigenvalue weighted by molar-refractivity contribution is 7.89. The van der Waals surface area contributed by atoms with E-state index < -0.39 is 21.7 Å². The second kappa shape index (κ2) is 6.97. The van der Waals surface area contributed by atoms with Crippen LogP contribution in [0.4, 0.5) is 0 Å². The van der Waals surface area contributed by atoms with Crippen molar-refractivity contribution in [1.29, 1.82) is 0 Å². The van der Waals surface area contributed by atoms with Crippen LogP contribution in [-0.4, -0.2) is 18.6 Å². The minimum atomic E-state index is -3.78. The highest BCUT2D eigenvalue weighted by Crippen LogP contribution is 2.40. The highest BCUT2D eigenvalue weighted by atomic mass is 32.2. The average molecular weight is 433 g/mol. The Morgan fingerprint density at radius 3 is 2.66 bits per heavy atom. The Morgan fingerprint density at radius 2 is 1.93 bits per heavy atom. The number of aromatic nitrogens is 1. The molecule has 3 aromatic rings. The van der Waals surface area contributed by atoms with Crippen LogP contribution in [0, 0.1) is 0 Å². The Bertz CT molecular complexity index is 1240. The first-order valence-electron chi connectivity index (χ1n) is 9.53. The number of nitrogens with zero attached hydrogens (tertiary/aromatic N) is 1. The summed E-state index contributed by atoms with van der Waals surface area (Å²) in [6.07, 6.45) is 0.516. The number of thiazole rings is 1. The Balaban J connectivity index is 1.72. The Morgan fingerprint density at radius 1 is 1.21 bits per heavy atom. The second-order valence-electron chi connectivity index (χ2n) is 8.24. The first-order valence-corrected chi connectivity index (χ1v) is 11.8. The summed E-state index contributed by atoms with van der Waals surface area (Å²) in [5, 5.41) is 0. The minimum Gasteiger partial charge on any atom is -0.487 e. The van der Waals surface area contributed by atoms with E-state index in [1.54, 1.807) is 22.8 Å². The van der Waals surface area contributed by atoms with Crippen LogP contribution < -0.4 is 14.3 Å². The van der Waals surface area contributed by atoms with Gasteiger partial charge in [0.1, 0.15) is 11.4 Å². The van der Waals surface area contributed by atoms with Gasteiger partial charge in [-0.15, -0.1) is 0 Å². The van der Waals surface area contributed by atoms with Gasteiger partial charge in [0.15, 0.2) is 0 Å². The monoisotopic (exact) mass is 432 g/mol. The van der Waals surface area contributed by atoms with Crippen molar-refractivity contribution in [3.05, 3.63) is 57.7 Å². The molecule has 29 heavy (non-hydrogen) atoms. The van der Waals surface area contributed by atoms with Crippen molar-refractivity contribution in [3.8, 4) is 5.75 Å². The van der Waals surface area contributed by atoms with E-state index in [1.165, 1.54) is 0 Å². The van der Waals surface area contributed by atoms with Crippen LogP contribution in [0.1, 0.15) is 51.8 Å². The molecule has 1 N–H and O–H groups in total. The number of para-hydroxylation sites is 1. The molecule has 0 fully saturated rings. The Labute approximate surface area is 174 Å². The van der Waals surface area contributed by atoms with E-state index in [2.05, 4.69) is 4.72 Å². The van der Waals surface area contributed by atoms with Crippen molar-refractivity contribution >= 4 is 31.6 Å². The zero-order valence-corrected chi connectivity index (χ0v) is 18.4. The number of ether oxygens (including phenoxy) is 1. The van der Waals surface area contributed by atoms with Crippen LogP contribution >= 0.6 is 11.3 Å². The van der Waals surface area contributed by atoms with Crippen molar-refractivity contribution in [2.24, 2.45) is 0 Å². The third kappa shape index (κ3) is 3.72. The third-order valence-electron chi connectivity index (χ3n) is 5.09. The molecule has 0 saturated heterocycles. The molecule has 154 valence electrons. The molecule has 1 aromatic heterocycles. The van der Waals surface area contributed by atoms with Gasteiger partial charge < -0.3 is 4.74 Å². The van der Waals surface area contributed by atoms with E-state index in [-0.39, 0.29) is 15.8 Å². The van der Waals surface area contributed by atoms with Gasteiger partial charge in [-0.2, -0.15) is 0 Å². The van der Waals surface area contributed by atoms with Gasteiger partial charge in [0.2, 0.25) is 10.0 Å². The van der Waals surface area contributed by atoms with E-state index in [0.29, 0.717) is 16.9 Å². The van der Waals surface area contributed by atoms with Crippen molar-refractivity contribution < 1.29 is 13.2 Å². The van der Waals surface area contributed by atoms with Gasteiger partial charge in [-0.1, -0.05) is 29.5 Å². The number of hydrogen-bond donors (Lipinski definition) is 1. The molecule has 8 heteroatoms. The Hall–Kier alpha value is -2.16. The number of sulfonamides is 1. The van der Waals surface area contributed by atoms with E-state index in [1.807, 2.05) is 52.0 Å². The molecule has 6 nitrogen and oxygen atoms in total. The van der Waals surface area contributed by atoms with E-state index >= 15 is 0 Å². The molecule has 0 bridgehead atoms. The second-order valence-corrected chi connectivity index (χ2v) is 10.9. The number of fused-ring (bicyclic) bond motifs is 2. The quantitative estimate of drug-likeness (QED) is 0.669. The first-order chi connectivity index (χ1) is 13.6. The summed E-state index contributed by atoms with van der Waals surface area (Å²) in [5.41, 5.74) is 1.10. The number of nitrogens with one attached hydrogen (secondary N) is 1. The lowest BCUT2D eigenvalue weighted by molar-refractivity contribution is 0.0702. The van der Waals surface area contributed by atoms with Crippen molar-refractivity contribution in [3.63, 3.8) is 0 Å². The zero-order chi connectivity index (χ0) is 21.0. The van der Waals surface area contributed by atoms with Crippen molar-refractivity contribution in [1.82, 2.24) is 9.29 Å². The summed E-state index contributed by atoms with van der Waals surface area (Å²) in [6.45, 7) is 7.76. The van der Waals surface area contributed by atoms with Gasteiger partial charge in [-0.05, 0) is 52.0 Å². The number of benzene rings is 2. The summed E-state index contributed by atoms with van der Waals surface area (Å²) in [5.74, 6) is 0.694. The molecule has 1 atom stereocenters. The molecule has 2 heterocycles. The van der Waals surface area contributed by atoms with Gasteiger partial charge in [0.05, 0.1) is 21.2 Å².